The Hall–Kier alpha value is -0.160. The van der Waals surface area contributed by atoms with Crippen LogP contribution < -0.4 is 0 Å². The van der Waals surface area contributed by atoms with Gasteiger partial charge in [0.1, 0.15) is 5.01 Å². The fourth-order valence-corrected chi connectivity index (χ4v) is 3.97. The molecule has 1 aliphatic heterocycles. The van der Waals surface area contributed by atoms with Crippen LogP contribution in [0.4, 0.5) is 0 Å². The molecule has 0 N–H and O–H groups in total. The Balaban J connectivity index is 1.88. The van der Waals surface area contributed by atoms with E-state index in [1.54, 1.807) is 11.3 Å². The molecule has 0 aromatic carbocycles. The number of likely N-dealkylation sites (N-methyl/N-ethyl adjacent to an activating group) is 1. The van der Waals surface area contributed by atoms with Gasteiger partial charge in [-0.15, -0.1) is 22.9 Å². The number of hydrogen-bond acceptors (Lipinski definition) is 4. The third-order valence-electron chi connectivity index (χ3n) is 3.88. The number of halogens is 1. The van der Waals surface area contributed by atoms with E-state index < -0.39 is 0 Å². The van der Waals surface area contributed by atoms with Gasteiger partial charge in [0.05, 0.1) is 17.6 Å². The van der Waals surface area contributed by atoms with Crippen LogP contribution in [0.2, 0.25) is 0 Å². The van der Waals surface area contributed by atoms with E-state index in [1.807, 2.05) is 0 Å². The van der Waals surface area contributed by atoms with Gasteiger partial charge in [-0.25, -0.2) is 4.98 Å². The minimum Gasteiger partial charge on any atom is -0.302 e. The quantitative estimate of drug-likeness (QED) is 0.720. The second kappa shape index (κ2) is 7.58. The lowest BCUT2D eigenvalue weighted by Crippen LogP contribution is -2.33. The van der Waals surface area contributed by atoms with Crippen LogP contribution in [-0.4, -0.2) is 48.0 Å². The van der Waals surface area contributed by atoms with Gasteiger partial charge < -0.3 is 4.90 Å². The smallest absolute Gasteiger partial charge is 0.110 e. The molecule has 1 fully saturated rings. The van der Waals surface area contributed by atoms with E-state index in [9.17, 15) is 0 Å². The maximum atomic E-state index is 5.84. The fourth-order valence-electron chi connectivity index (χ4n) is 2.67. The van der Waals surface area contributed by atoms with Crippen molar-refractivity contribution >= 4 is 22.9 Å². The van der Waals surface area contributed by atoms with Gasteiger partial charge in [-0.05, 0) is 39.4 Å². The standard InChI is InChI=1S/C14H24ClN3S/c1-3-13(14-16-12(10-15)11-19-14)17(2)8-9-18-6-4-5-7-18/h11,13H,3-10H2,1-2H3. The van der Waals surface area contributed by atoms with Crippen LogP contribution in [0, 0.1) is 0 Å². The molecule has 1 aliphatic rings. The molecule has 19 heavy (non-hydrogen) atoms. The van der Waals surface area contributed by atoms with Crippen molar-refractivity contribution in [2.45, 2.75) is 38.1 Å². The van der Waals surface area contributed by atoms with E-state index in [0.29, 0.717) is 11.9 Å². The van der Waals surface area contributed by atoms with E-state index in [1.165, 1.54) is 37.5 Å². The summed E-state index contributed by atoms with van der Waals surface area (Å²) < 4.78 is 0. The summed E-state index contributed by atoms with van der Waals surface area (Å²) in [7, 11) is 2.21. The first-order valence-corrected chi connectivity index (χ1v) is 8.59. The summed E-state index contributed by atoms with van der Waals surface area (Å²) in [5, 5.41) is 3.29. The predicted molar refractivity (Wildman–Crippen MR) is 83.0 cm³/mol. The van der Waals surface area contributed by atoms with E-state index in [2.05, 4.69) is 34.1 Å². The Kier molecular flexibility index (Phi) is 6.07. The first-order valence-electron chi connectivity index (χ1n) is 7.17. The molecule has 3 nitrogen and oxygen atoms in total. The molecule has 108 valence electrons. The van der Waals surface area contributed by atoms with Gasteiger partial charge in [0, 0.05) is 18.5 Å². The van der Waals surface area contributed by atoms with Crippen molar-refractivity contribution in [1.82, 2.24) is 14.8 Å². The average Bonchev–Trinajstić information content (AvgIpc) is 3.08. The van der Waals surface area contributed by atoms with Gasteiger partial charge in [-0.1, -0.05) is 6.92 Å². The van der Waals surface area contributed by atoms with Gasteiger partial charge >= 0.3 is 0 Å². The number of likely N-dealkylation sites (tertiary alicyclic amines) is 1. The number of hydrogen-bond donors (Lipinski definition) is 0. The number of thiazole rings is 1. The van der Waals surface area contributed by atoms with E-state index in [0.717, 1.165) is 18.7 Å². The summed E-state index contributed by atoms with van der Waals surface area (Å²) >= 11 is 7.58. The number of nitrogens with zero attached hydrogens (tertiary/aromatic N) is 3. The van der Waals surface area contributed by atoms with Crippen LogP contribution >= 0.6 is 22.9 Å². The Morgan fingerprint density at radius 2 is 2.21 bits per heavy atom. The summed E-state index contributed by atoms with van der Waals surface area (Å²) in [4.78, 5) is 9.64. The van der Waals surface area contributed by atoms with Gasteiger partial charge in [0.15, 0.2) is 0 Å². The molecular weight excluding hydrogens is 278 g/mol. The summed E-state index contributed by atoms with van der Waals surface area (Å²) in [6.45, 7) is 7.09. The molecule has 0 amide bonds. The molecule has 0 radical (unpaired) electrons. The lowest BCUT2D eigenvalue weighted by molar-refractivity contribution is 0.201. The van der Waals surface area contributed by atoms with Crippen LogP contribution in [0.15, 0.2) is 5.38 Å². The second-order valence-corrected chi connectivity index (χ2v) is 6.42. The zero-order valence-corrected chi connectivity index (χ0v) is 13.5. The van der Waals surface area contributed by atoms with Crippen molar-refractivity contribution in [2.75, 3.05) is 33.2 Å². The topological polar surface area (TPSA) is 19.4 Å². The Labute approximate surface area is 125 Å². The highest BCUT2D eigenvalue weighted by Crippen LogP contribution is 2.26. The van der Waals surface area contributed by atoms with Crippen LogP contribution in [0.5, 0.6) is 0 Å². The molecule has 1 saturated heterocycles. The first-order chi connectivity index (χ1) is 9.24. The molecule has 0 spiro atoms. The molecule has 1 unspecified atom stereocenters. The molecule has 2 heterocycles. The summed E-state index contributed by atoms with van der Waals surface area (Å²) in [6, 6.07) is 0.435. The molecular formula is C14H24ClN3S. The lowest BCUT2D eigenvalue weighted by Gasteiger charge is -2.27. The summed E-state index contributed by atoms with van der Waals surface area (Å²) in [5.41, 5.74) is 1.01. The highest BCUT2D eigenvalue weighted by atomic mass is 35.5. The Morgan fingerprint density at radius 3 is 2.79 bits per heavy atom. The SMILES string of the molecule is CCC(c1nc(CCl)cs1)N(C)CCN1CCCC1. The number of alkyl halides is 1. The molecule has 0 bridgehead atoms. The second-order valence-electron chi connectivity index (χ2n) is 5.26. The third-order valence-corrected chi connectivity index (χ3v) is 5.15. The van der Waals surface area contributed by atoms with Crippen LogP contribution in [0.3, 0.4) is 0 Å². The van der Waals surface area contributed by atoms with Crippen molar-refractivity contribution in [3.63, 3.8) is 0 Å². The van der Waals surface area contributed by atoms with E-state index in [-0.39, 0.29) is 0 Å². The Morgan fingerprint density at radius 1 is 1.47 bits per heavy atom. The first kappa shape index (κ1) is 15.2. The van der Waals surface area contributed by atoms with Gasteiger partial charge in [-0.2, -0.15) is 0 Å². The molecule has 1 aromatic rings. The van der Waals surface area contributed by atoms with Crippen molar-refractivity contribution in [2.24, 2.45) is 0 Å². The molecule has 1 aromatic heterocycles. The predicted octanol–water partition coefficient (Wildman–Crippen LogP) is 3.36. The third kappa shape index (κ3) is 4.15. The Bertz CT molecular complexity index is 377. The molecule has 2 rings (SSSR count). The van der Waals surface area contributed by atoms with Crippen molar-refractivity contribution in [3.8, 4) is 0 Å². The fraction of sp³-hybridized carbons (Fsp3) is 0.786. The average molecular weight is 302 g/mol. The van der Waals surface area contributed by atoms with Crippen LogP contribution in [-0.2, 0) is 5.88 Å². The minimum atomic E-state index is 0.435. The minimum absolute atomic E-state index is 0.435. The summed E-state index contributed by atoms with van der Waals surface area (Å²) in [5.74, 6) is 0.518. The zero-order valence-electron chi connectivity index (χ0n) is 11.9. The molecule has 1 atom stereocenters. The lowest BCUT2D eigenvalue weighted by atomic mass is 10.2. The summed E-state index contributed by atoms with van der Waals surface area (Å²) in [6.07, 6.45) is 3.84. The van der Waals surface area contributed by atoms with Gasteiger partial charge in [0.2, 0.25) is 0 Å². The van der Waals surface area contributed by atoms with Crippen molar-refractivity contribution in [3.05, 3.63) is 16.1 Å². The maximum Gasteiger partial charge on any atom is 0.110 e. The monoisotopic (exact) mass is 301 g/mol. The largest absolute Gasteiger partial charge is 0.302 e. The number of aromatic nitrogens is 1. The maximum absolute atomic E-state index is 5.84. The van der Waals surface area contributed by atoms with E-state index in [4.69, 9.17) is 11.6 Å². The molecule has 0 aliphatic carbocycles. The molecule has 0 saturated carbocycles. The van der Waals surface area contributed by atoms with E-state index >= 15 is 0 Å². The normalized spacial score (nSPS) is 18.3. The molecule has 5 heteroatoms. The zero-order chi connectivity index (χ0) is 13.7. The number of rotatable bonds is 7. The van der Waals surface area contributed by atoms with Gasteiger partial charge in [-0.3, -0.25) is 4.90 Å². The van der Waals surface area contributed by atoms with Crippen molar-refractivity contribution < 1.29 is 0 Å². The highest BCUT2D eigenvalue weighted by Gasteiger charge is 2.20. The van der Waals surface area contributed by atoms with Gasteiger partial charge in [0.25, 0.3) is 0 Å². The van der Waals surface area contributed by atoms with Crippen LogP contribution in [0.1, 0.15) is 42.9 Å². The van der Waals surface area contributed by atoms with Crippen molar-refractivity contribution in [1.29, 1.82) is 0 Å². The van der Waals surface area contributed by atoms with Crippen LogP contribution in [0.25, 0.3) is 0 Å². The highest BCUT2D eigenvalue weighted by molar-refractivity contribution is 7.09.